The summed E-state index contributed by atoms with van der Waals surface area (Å²) < 4.78 is 5.54. The van der Waals surface area contributed by atoms with E-state index >= 15 is 0 Å². The summed E-state index contributed by atoms with van der Waals surface area (Å²) >= 11 is 0. The standard InChI is InChI=1S/C13H16N4O2/c1-8-3-6-11(19-8)7-17(10-4-5-10)13(18)12-14-9(2)15-16-12/h3,6,10H,4-5,7H2,1-2H3,(H,14,15,16). The molecule has 1 fully saturated rings. The molecule has 0 aromatic carbocycles. The number of nitrogens with zero attached hydrogens (tertiary/aromatic N) is 3. The van der Waals surface area contributed by atoms with Crippen molar-refractivity contribution in [2.75, 3.05) is 0 Å². The van der Waals surface area contributed by atoms with E-state index in [4.69, 9.17) is 4.42 Å². The number of furan rings is 1. The van der Waals surface area contributed by atoms with E-state index < -0.39 is 0 Å². The number of rotatable bonds is 4. The number of aromatic amines is 1. The lowest BCUT2D eigenvalue weighted by atomic mass is 10.3. The van der Waals surface area contributed by atoms with Gasteiger partial charge in [-0.1, -0.05) is 0 Å². The van der Waals surface area contributed by atoms with Crippen LogP contribution in [0.1, 0.15) is 40.8 Å². The Hall–Kier alpha value is -2.11. The van der Waals surface area contributed by atoms with Gasteiger partial charge in [0.05, 0.1) is 6.54 Å². The molecule has 3 rings (SSSR count). The third kappa shape index (κ3) is 2.52. The first-order valence-electron chi connectivity index (χ1n) is 6.39. The van der Waals surface area contributed by atoms with Crippen molar-refractivity contribution in [3.63, 3.8) is 0 Å². The van der Waals surface area contributed by atoms with E-state index in [-0.39, 0.29) is 17.8 Å². The van der Waals surface area contributed by atoms with E-state index in [1.165, 1.54) is 0 Å². The molecule has 2 aromatic rings. The molecule has 0 saturated heterocycles. The minimum Gasteiger partial charge on any atom is -0.464 e. The van der Waals surface area contributed by atoms with Gasteiger partial charge in [-0.3, -0.25) is 9.89 Å². The van der Waals surface area contributed by atoms with Crippen LogP contribution in [-0.4, -0.2) is 32.0 Å². The molecule has 0 aliphatic heterocycles. The van der Waals surface area contributed by atoms with Gasteiger partial charge < -0.3 is 9.32 Å². The Labute approximate surface area is 110 Å². The lowest BCUT2D eigenvalue weighted by molar-refractivity contribution is 0.0705. The predicted octanol–water partition coefficient (Wildman–Crippen LogP) is 1.82. The summed E-state index contributed by atoms with van der Waals surface area (Å²) in [6.07, 6.45) is 2.07. The summed E-state index contributed by atoms with van der Waals surface area (Å²) in [6.45, 7) is 4.15. The minimum atomic E-state index is -0.138. The largest absolute Gasteiger partial charge is 0.464 e. The maximum absolute atomic E-state index is 12.4. The monoisotopic (exact) mass is 260 g/mol. The van der Waals surface area contributed by atoms with Gasteiger partial charge in [0.1, 0.15) is 17.3 Å². The maximum Gasteiger partial charge on any atom is 0.294 e. The van der Waals surface area contributed by atoms with E-state index in [0.29, 0.717) is 12.4 Å². The van der Waals surface area contributed by atoms with E-state index in [1.54, 1.807) is 11.8 Å². The summed E-state index contributed by atoms with van der Waals surface area (Å²) in [7, 11) is 0. The maximum atomic E-state index is 12.4. The van der Waals surface area contributed by atoms with Crippen LogP contribution in [0.5, 0.6) is 0 Å². The molecule has 0 atom stereocenters. The van der Waals surface area contributed by atoms with Crippen molar-refractivity contribution in [3.8, 4) is 0 Å². The summed E-state index contributed by atoms with van der Waals surface area (Å²) in [5, 5.41) is 6.64. The van der Waals surface area contributed by atoms with Crippen LogP contribution >= 0.6 is 0 Å². The molecule has 0 bridgehead atoms. The normalized spacial score (nSPS) is 14.6. The van der Waals surface area contributed by atoms with Crippen LogP contribution < -0.4 is 0 Å². The van der Waals surface area contributed by atoms with Crippen LogP contribution in [0.3, 0.4) is 0 Å². The Bertz CT molecular complexity index is 597. The second-order valence-electron chi connectivity index (χ2n) is 4.92. The summed E-state index contributed by atoms with van der Waals surface area (Å²) in [5.41, 5.74) is 0. The molecular formula is C13H16N4O2. The van der Waals surface area contributed by atoms with E-state index in [2.05, 4.69) is 15.2 Å². The zero-order valence-corrected chi connectivity index (χ0v) is 11.0. The molecule has 1 saturated carbocycles. The molecule has 0 spiro atoms. The van der Waals surface area contributed by atoms with Gasteiger partial charge in [0, 0.05) is 6.04 Å². The Morgan fingerprint density at radius 2 is 2.26 bits per heavy atom. The first-order valence-corrected chi connectivity index (χ1v) is 6.39. The Morgan fingerprint density at radius 1 is 1.47 bits per heavy atom. The van der Waals surface area contributed by atoms with Crippen LogP contribution in [0.25, 0.3) is 0 Å². The van der Waals surface area contributed by atoms with Crippen LogP contribution in [0.4, 0.5) is 0 Å². The smallest absolute Gasteiger partial charge is 0.294 e. The minimum absolute atomic E-state index is 0.138. The number of hydrogen-bond acceptors (Lipinski definition) is 4. The molecule has 2 aromatic heterocycles. The molecule has 0 radical (unpaired) electrons. The Morgan fingerprint density at radius 3 is 2.79 bits per heavy atom. The molecule has 19 heavy (non-hydrogen) atoms. The third-order valence-electron chi connectivity index (χ3n) is 3.16. The van der Waals surface area contributed by atoms with Crippen molar-refractivity contribution >= 4 is 5.91 Å². The second kappa shape index (κ2) is 4.53. The average molecular weight is 260 g/mol. The Kier molecular flexibility index (Phi) is 2.85. The highest BCUT2D eigenvalue weighted by Gasteiger charge is 2.35. The van der Waals surface area contributed by atoms with Crippen molar-refractivity contribution in [3.05, 3.63) is 35.3 Å². The third-order valence-corrected chi connectivity index (χ3v) is 3.16. The van der Waals surface area contributed by atoms with Gasteiger partial charge >= 0.3 is 0 Å². The molecule has 2 heterocycles. The molecule has 6 nitrogen and oxygen atoms in total. The van der Waals surface area contributed by atoms with Gasteiger partial charge in [0.2, 0.25) is 5.82 Å². The first kappa shape index (κ1) is 12.0. The first-order chi connectivity index (χ1) is 9.13. The van der Waals surface area contributed by atoms with Gasteiger partial charge in [-0.2, -0.15) is 0 Å². The molecule has 0 unspecified atom stereocenters. The number of H-pyrrole nitrogens is 1. The fraction of sp³-hybridized carbons (Fsp3) is 0.462. The van der Waals surface area contributed by atoms with Crippen molar-refractivity contribution < 1.29 is 9.21 Å². The fourth-order valence-corrected chi connectivity index (χ4v) is 2.06. The summed E-state index contributed by atoms with van der Waals surface area (Å²) in [4.78, 5) is 18.3. The zero-order chi connectivity index (χ0) is 13.4. The number of carbonyl (C=O) groups is 1. The molecule has 1 aliphatic rings. The lowest BCUT2D eigenvalue weighted by Crippen LogP contribution is -2.33. The van der Waals surface area contributed by atoms with E-state index in [1.807, 2.05) is 19.1 Å². The van der Waals surface area contributed by atoms with Gasteiger partial charge in [-0.15, -0.1) is 5.10 Å². The molecule has 1 aliphatic carbocycles. The van der Waals surface area contributed by atoms with Gasteiger partial charge in [-0.05, 0) is 38.8 Å². The highest BCUT2D eigenvalue weighted by molar-refractivity contribution is 5.90. The van der Waals surface area contributed by atoms with Crippen molar-refractivity contribution in [1.29, 1.82) is 0 Å². The summed E-state index contributed by atoms with van der Waals surface area (Å²) in [6, 6.07) is 4.10. The van der Waals surface area contributed by atoms with E-state index in [9.17, 15) is 4.79 Å². The van der Waals surface area contributed by atoms with Gasteiger partial charge in [0.15, 0.2) is 0 Å². The van der Waals surface area contributed by atoms with Crippen LogP contribution in [0.15, 0.2) is 16.5 Å². The predicted molar refractivity (Wildman–Crippen MR) is 67.5 cm³/mol. The van der Waals surface area contributed by atoms with Crippen molar-refractivity contribution in [1.82, 2.24) is 20.1 Å². The number of carbonyl (C=O) groups excluding carboxylic acids is 1. The number of aryl methyl sites for hydroxylation is 2. The molecule has 1 N–H and O–H groups in total. The lowest BCUT2D eigenvalue weighted by Gasteiger charge is -2.19. The Balaban J connectivity index is 1.79. The molecule has 6 heteroatoms. The fourth-order valence-electron chi connectivity index (χ4n) is 2.06. The van der Waals surface area contributed by atoms with E-state index in [0.717, 1.165) is 24.4 Å². The highest BCUT2D eigenvalue weighted by Crippen LogP contribution is 2.29. The highest BCUT2D eigenvalue weighted by atomic mass is 16.3. The van der Waals surface area contributed by atoms with Crippen molar-refractivity contribution in [2.45, 2.75) is 39.3 Å². The number of aromatic nitrogens is 3. The zero-order valence-electron chi connectivity index (χ0n) is 11.0. The average Bonchev–Trinajstić information content (AvgIpc) is 3.00. The summed E-state index contributed by atoms with van der Waals surface area (Å²) in [5.74, 6) is 2.39. The molecule has 100 valence electrons. The van der Waals surface area contributed by atoms with Crippen LogP contribution in [-0.2, 0) is 6.54 Å². The second-order valence-corrected chi connectivity index (χ2v) is 4.92. The van der Waals surface area contributed by atoms with Crippen molar-refractivity contribution in [2.24, 2.45) is 0 Å². The van der Waals surface area contributed by atoms with Crippen LogP contribution in [0, 0.1) is 13.8 Å². The topological polar surface area (TPSA) is 75.0 Å². The SMILES string of the molecule is Cc1nc(C(=O)N(Cc2ccc(C)o2)C2CC2)n[nH]1. The quantitative estimate of drug-likeness (QED) is 0.909. The van der Waals surface area contributed by atoms with Crippen LogP contribution in [0.2, 0.25) is 0 Å². The molecule has 1 amide bonds. The number of hydrogen-bond donors (Lipinski definition) is 1. The number of nitrogens with one attached hydrogen (secondary N) is 1. The number of amides is 1. The van der Waals surface area contributed by atoms with Gasteiger partial charge in [-0.25, -0.2) is 4.98 Å². The molecular weight excluding hydrogens is 244 g/mol. The van der Waals surface area contributed by atoms with Gasteiger partial charge in [0.25, 0.3) is 5.91 Å².